The van der Waals surface area contributed by atoms with E-state index in [9.17, 15) is 0 Å². The number of hydrogen-bond acceptors (Lipinski definition) is 0. The minimum atomic E-state index is 0.500. The predicted octanol–water partition coefficient (Wildman–Crippen LogP) is 6.96. The SMILES string of the molecule is C=C.CC.CC.CC(C)(C)C.CCC(C)C. The molecule has 0 aliphatic heterocycles. The number of rotatable bonds is 1. The fraction of sp³-hybridized carbons (Fsp3) is 0.875. The molecule has 0 atom stereocenters. The molecule has 0 aromatic carbocycles. The average molecular weight is 232 g/mol. The summed E-state index contributed by atoms with van der Waals surface area (Å²) in [6, 6.07) is 0. The summed E-state index contributed by atoms with van der Waals surface area (Å²) in [5.74, 6) is 0.884. The van der Waals surface area contributed by atoms with Crippen LogP contribution in [0.15, 0.2) is 13.2 Å². The van der Waals surface area contributed by atoms with Crippen molar-refractivity contribution >= 4 is 0 Å². The fourth-order valence-corrected chi connectivity index (χ4v) is 0. The molecule has 0 heteroatoms. The highest BCUT2D eigenvalue weighted by atomic mass is 14.0. The molecule has 0 bridgehead atoms. The molecule has 0 fully saturated rings. The Labute approximate surface area is 108 Å². The Bertz CT molecular complexity index is 58.6. The zero-order valence-electron chi connectivity index (χ0n) is 14.2. The van der Waals surface area contributed by atoms with Gasteiger partial charge in [0.2, 0.25) is 0 Å². The maximum atomic E-state index is 3.00. The van der Waals surface area contributed by atoms with Gasteiger partial charge in [0.05, 0.1) is 0 Å². The maximum absolute atomic E-state index is 3.00. The molecule has 0 saturated heterocycles. The van der Waals surface area contributed by atoms with Gasteiger partial charge in [-0.15, -0.1) is 13.2 Å². The van der Waals surface area contributed by atoms with Gasteiger partial charge >= 0.3 is 0 Å². The Kier molecular flexibility index (Phi) is 54.4. The van der Waals surface area contributed by atoms with Crippen LogP contribution in [0.1, 0.15) is 82.6 Å². The molecule has 0 spiro atoms. The molecule has 0 aliphatic carbocycles. The van der Waals surface area contributed by atoms with Crippen molar-refractivity contribution in [2.45, 2.75) is 82.6 Å². The molecular formula is C16H40. The van der Waals surface area contributed by atoms with Gasteiger partial charge in [-0.2, -0.15) is 0 Å². The highest BCUT2D eigenvalue weighted by molar-refractivity contribution is 4.47. The fourth-order valence-electron chi connectivity index (χ4n) is 0. The third-order valence-corrected chi connectivity index (χ3v) is 0.816. The normalized spacial score (nSPS) is 7.75. The summed E-state index contributed by atoms with van der Waals surface area (Å²) in [5.41, 5.74) is 0.500. The summed E-state index contributed by atoms with van der Waals surface area (Å²) < 4.78 is 0. The van der Waals surface area contributed by atoms with Crippen LogP contribution in [-0.2, 0) is 0 Å². The molecule has 0 unspecified atom stereocenters. The Balaban J connectivity index is -0.0000000345. The molecule has 0 nitrogen and oxygen atoms in total. The summed E-state index contributed by atoms with van der Waals surface area (Å²) in [6.45, 7) is 29.4. The minimum absolute atomic E-state index is 0.500. The van der Waals surface area contributed by atoms with Gasteiger partial charge in [-0.3, -0.25) is 0 Å². The molecule has 0 heterocycles. The lowest BCUT2D eigenvalue weighted by Crippen LogP contribution is -1.93. The van der Waals surface area contributed by atoms with Crippen molar-refractivity contribution in [1.82, 2.24) is 0 Å². The van der Waals surface area contributed by atoms with Crippen LogP contribution in [0.4, 0.5) is 0 Å². The molecule has 104 valence electrons. The van der Waals surface area contributed by atoms with Crippen molar-refractivity contribution < 1.29 is 0 Å². The van der Waals surface area contributed by atoms with Crippen LogP contribution in [0.5, 0.6) is 0 Å². The van der Waals surface area contributed by atoms with Gasteiger partial charge < -0.3 is 0 Å². The van der Waals surface area contributed by atoms with Crippen LogP contribution >= 0.6 is 0 Å². The molecule has 0 aliphatic rings. The Hall–Kier alpha value is -0.260. The van der Waals surface area contributed by atoms with Crippen molar-refractivity contribution in [3.8, 4) is 0 Å². The molecule has 0 N–H and O–H groups in total. The first kappa shape index (κ1) is 29.6. The zero-order valence-corrected chi connectivity index (χ0v) is 14.2. The summed E-state index contributed by atoms with van der Waals surface area (Å²) in [5, 5.41) is 0. The molecule has 0 radical (unpaired) electrons. The second-order valence-electron chi connectivity index (χ2n) is 4.80. The van der Waals surface area contributed by atoms with Crippen LogP contribution in [0, 0.1) is 11.3 Å². The minimum Gasteiger partial charge on any atom is -0.106 e. The molecule has 0 saturated carbocycles. The molecule has 0 rings (SSSR count). The average Bonchev–Trinajstić information content (AvgIpc) is 2.24. The van der Waals surface area contributed by atoms with Gasteiger partial charge in [-0.25, -0.2) is 0 Å². The van der Waals surface area contributed by atoms with Crippen molar-refractivity contribution in [2.24, 2.45) is 11.3 Å². The third-order valence-electron chi connectivity index (χ3n) is 0.816. The highest BCUT2D eigenvalue weighted by Gasteiger charge is 1.95. The van der Waals surface area contributed by atoms with E-state index < -0.39 is 0 Å². The Morgan fingerprint density at radius 2 is 0.875 bits per heavy atom. The van der Waals surface area contributed by atoms with Crippen LogP contribution in [0.25, 0.3) is 0 Å². The van der Waals surface area contributed by atoms with Crippen LogP contribution in [-0.4, -0.2) is 0 Å². The van der Waals surface area contributed by atoms with Gasteiger partial charge in [-0.1, -0.05) is 82.6 Å². The van der Waals surface area contributed by atoms with Gasteiger partial charge in [0, 0.05) is 0 Å². The summed E-state index contributed by atoms with van der Waals surface area (Å²) in [7, 11) is 0. The van der Waals surface area contributed by atoms with Crippen LogP contribution in [0.3, 0.4) is 0 Å². The first-order chi connectivity index (χ1) is 7.27. The van der Waals surface area contributed by atoms with Crippen molar-refractivity contribution in [2.75, 3.05) is 0 Å². The van der Waals surface area contributed by atoms with Gasteiger partial charge in [0.1, 0.15) is 0 Å². The second-order valence-corrected chi connectivity index (χ2v) is 4.80. The van der Waals surface area contributed by atoms with Crippen molar-refractivity contribution in [1.29, 1.82) is 0 Å². The lowest BCUT2D eigenvalue weighted by atomic mass is 10.0. The summed E-state index contributed by atoms with van der Waals surface area (Å²) >= 11 is 0. The van der Waals surface area contributed by atoms with E-state index in [0.717, 1.165) is 5.92 Å². The van der Waals surface area contributed by atoms with E-state index >= 15 is 0 Å². The number of hydrogen-bond donors (Lipinski definition) is 0. The lowest BCUT2D eigenvalue weighted by Gasteiger charge is -2.05. The van der Waals surface area contributed by atoms with E-state index in [0.29, 0.717) is 5.41 Å². The third kappa shape index (κ3) is 737. The monoisotopic (exact) mass is 232 g/mol. The van der Waals surface area contributed by atoms with E-state index in [1.807, 2.05) is 27.7 Å². The molecule has 0 aromatic heterocycles. The van der Waals surface area contributed by atoms with Crippen molar-refractivity contribution in [3.05, 3.63) is 13.2 Å². The van der Waals surface area contributed by atoms with Gasteiger partial charge in [0.25, 0.3) is 0 Å². The Morgan fingerprint density at radius 1 is 0.812 bits per heavy atom. The second kappa shape index (κ2) is 29.3. The molecule has 0 aromatic rings. The standard InChI is InChI=1S/2C5H12.2C2H6.C2H4/c1-5(2,3)4;1-4-5(2)3;3*1-2/h1-4H3;5H,4H2,1-3H3;2*1-2H3;1-2H2. The van der Waals surface area contributed by atoms with E-state index in [1.54, 1.807) is 0 Å². The van der Waals surface area contributed by atoms with E-state index in [1.165, 1.54) is 6.42 Å². The van der Waals surface area contributed by atoms with Crippen LogP contribution in [0.2, 0.25) is 0 Å². The largest absolute Gasteiger partial charge is 0.106 e. The van der Waals surface area contributed by atoms with Crippen molar-refractivity contribution in [3.63, 3.8) is 0 Å². The quantitative estimate of drug-likeness (QED) is 0.429. The molecule has 16 heavy (non-hydrogen) atoms. The first-order valence-electron chi connectivity index (χ1n) is 6.77. The smallest absolute Gasteiger partial charge is 0.0411 e. The molecule has 0 amide bonds. The summed E-state index contributed by atoms with van der Waals surface area (Å²) in [4.78, 5) is 0. The van der Waals surface area contributed by atoms with E-state index in [2.05, 4.69) is 61.6 Å². The lowest BCUT2D eigenvalue weighted by molar-refractivity contribution is 0.469. The zero-order chi connectivity index (χ0) is 14.8. The van der Waals surface area contributed by atoms with E-state index in [4.69, 9.17) is 0 Å². The Morgan fingerprint density at radius 3 is 0.875 bits per heavy atom. The van der Waals surface area contributed by atoms with Crippen LogP contribution < -0.4 is 0 Å². The van der Waals surface area contributed by atoms with Gasteiger partial charge in [0.15, 0.2) is 0 Å². The molecular weight excluding hydrogens is 192 g/mol. The predicted molar refractivity (Wildman–Crippen MR) is 84.2 cm³/mol. The van der Waals surface area contributed by atoms with Gasteiger partial charge in [-0.05, 0) is 11.3 Å². The highest BCUT2D eigenvalue weighted by Crippen LogP contribution is 2.08. The van der Waals surface area contributed by atoms with E-state index in [-0.39, 0.29) is 0 Å². The topological polar surface area (TPSA) is 0 Å². The summed E-state index contributed by atoms with van der Waals surface area (Å²) in [6.07, 6.45) is 1.31. The maximum Gasteiger partial charge on any atom is -0.0411 e. The first-order valence-corrected chi connectivity index (χ1v) is 6.77.